The molecule has 0 unspecified atom stereocenters. The van der Waals surface area contributed by atoms with Gasteiger partial charge in [-0.05, 0) is 61.9 Å². The van der Waals surface area contributed by atoms with Crippen LogP contribution in [0.4, 0.5) is 10.1 Å². The Morgan fingerprint density at radius 3 is 2.22 bits per heavy atom. The van der Waals surface area contributed by atoms with Crippen molar-refractivity contribution in [2.24, 2.45) is 0 Å². The molecule has 174 valence electrons. The molecule has 1 saturated carbocycles. The van der Waals surface area contributed by atoms with Crippen LogP contribution in [-0.4, -0.2) is 57.4 Å². The third kappa shape index (κ3) is 6.77. The number of amides is 1. The monoisotopic (exact) mass is 461 g/mol. The molecule has 8 heteroatoms. The molecule has 1 amide bonds. The second-order valence-corrected chi connectivity index (χ2v) is 10.2. The number of hydrogen-bond donors (Lipinski definition) is 1. The predicted octanol–water partition coefficient (Wildman–Crippen LogP) is 3.89. The smallest absolute Gasteiger partial charge is 0.261 e. The first-order chi connectivity index (χ1) is 15.2. The SMILES string of the molecule is CN(CCN(C)C1CCCCC1)C(=O)Cc1ccc(NS(=O)(=O)c2ccc(F)cc2)cc1. The lowest BCUT2D eigenvalue weighted by Gasteiger charge is -2.32. The van der Waals surface area contributed by atoms with Crippen molar-refractivity contribution in [1.82, 2.24) is 9.80 Å². The van der Waals surface area contributed by atoms with E-state index in [0.717, 1.165) is 24.2 Å². The Morgan fingerprint density at radius 1 is 0.969 bits per heavy atom. The lowest BCUT2D eigenvalue weighted by atomic mass is 9.94. The highest BCUT2D eigenvalue weighted by Crippen LogP contribution is 2.21. The normalized spacial score (nSPS) is 15.0. The number of sulfonamides is 1. The van der Waals surface area contributed by atoms with Gasteiger partial charge < -0.3 is 9.80 Å². The Bertz CT molecular complexity index is 988. The number of nitrogens with zero attached hydrogens (tertiary/aromatic N) is 2. The Labute approximate surface area is 190 Å². The summed E-state index contributed by atoms with van der Waals surface area (Å²) in [6.07, 6.45) is 6.65. The lowest BCUT2D eigenvalue weighted by molar-refractivity contribution is -0.129. The quantitative estimate of drug-likeness (QED) is 0.615. The number of nitrogens with one attached hydrogen (secondary N) is 1. The van der Waals surface area contributed by atoms with E-state index in [0.29, 0.717) is 18.3 Å². The van der Waals surface area contributed by atoms with Crippen molar-refractivity contribution >= 4 is 21.6 Å². The van der Waals surface area contributed by atoms with Crippen LogP contribution < -0.4 is 4.72 Å². The highest BCUT2D eigenvalue weighted by molar-refractivity contribution is 7.92. The Hall–Kier alpha value is -2.45. The first-order valence-corrected chi connectivity index (χ1v) is 12.5. The Kier molecular flexibility index (Phi) is 8.26. The minimum atomic E-state index is -3.80. The van der Waals surface area contributed by atoms with Gasteiger partial charge in [-0.15, -0.1) is 0 Å². The van der Waals surface area contributed by atoms with Crippen LogP contribution in [0, 0.1) is 5.82 Å². The average molecular weight is 462 g/mol. The second-order valence-electron chi connectivity index (χ2n) is 8.52. The summed E-state index contributed by atoms with van der Waals surface area (Å²) in [6, 6.07) is 12.0. The molecule has 0 atom stereocenters. The van der Waals surface area contributed by atoms with Crippen molar-refractivity contribution in [3.63, 3.8) is 0 Å². The van der Waals surface area contributed by atoms with Crippen LogP contribution in [0.3, 0.4) is 0 Å². The summed E-state index contributed by atoms with van der Waals surface area (Å²) in [5, 5.41) is 0. The number of rotatable bonds is 9. The van der Waals surface area contributed by atoms with Gasteiger partial charge in [-0.25, -0.2) is 12.8 Å². The summed E-state index contributed by atoms with van der Waals surface area (Å²) in [7, 11) is 0.160. The summed E-state index contributed by atoms with van der Waals surface area (Å²) in [5.74, 6) is -0.467. The van der Waals surface area contributed by atoms with Crippen molar-refractivity contribution in [1.29, 1.82) is 0 Å². The molecule has 2 aromatic rings. The summed E-state index contributed by atoms with van der Waals surface area (Å²) in [6.45, 7) is 1.54. The fraction of sp³-hybridized carbons (Fsp3) is 0.458. The van der Waals surface area contributed by atoms with Crippen LogP contribution in [0.2, 0.25) is 0 Å². The molecule has 0 heterocycles. The fourth-order valence-corrected chi connectivity index (χ4v) is 5.02. The van der Waals surface area contributed by atoms with Gasteiger partial charge in [0.2, 0.25) is 5.91 Å². The van der Waals surface area contributed by atoms with E-state index in [1.165, 1.54) is 44.2 Å². The largest absolute Gasteiger partial charge is 0.344 e. The minimum Gasteiger partial charge on any atom is -0.344 e. The molecule has 6 nitrogen and oxygen atoms in total. The molecular weight excluding hydrogens is 429 g/mol. The van der Waals surface area contributed by atoms with E-state index < -0.39 is 15.8 Å². The molecule has 0 saturated heterocycles. The molecule has 0 radical (unpaired) electrons. The van der Waals surface area contributed by atoms with E-state index in [2.05, 4.69) is 16.7 Å². The van der Waals surface area contributed by atoms with Gasteiger partial charge in [0, 0.05) is 31.9 Å². The number of halogens is 1. The van der Waals surface area contributed by atoms with Gasteiger partial charge in [0.25, 0.3) is 10.0 Å². The topological polar surface area (TPSA) is 69.7 Å². The lowest BCUT2D eigenvalue weighted by Crippen LogP contribution is -2.40. The van der Waals surface area contributed by atoms with Crippen LogP contribution >= 0.6 is 0 Å². The van der Waals surface area contributed by atoms with Gasteiger partial charge in [0.05, 0.1) is 11.3 Å². The van der Waals surface area contributed by atoms with Gasteiger partial charge in [-0.2, -0.15) is 0 Å². The fourth-order valence-electron chi connectivity index (χ4n) is 3.96. The van der Waals surface area contributed by atoms with Crippen molar-refractivity contribution in [3.05, 3.63) is 59.9 Å². The predicted molar refractivity (Wildman–Crippen MR) is 124 cm³/mol. The summed E-state index contributed by atoms with van der Waals surface area (Å²) < 4.78 is 40.3. The molecule has 0 bridgehead atoms. The Balaban J connectivity index is 1.49. The number of hydrogen-bond acceptors (Lipinski definition) is 4. The third-order valence-corrected chi connectivity index (χ3v) is 7.49. The minimum absolute atomic E-state index is 0.0158. The van der Waals surface area contributed by atoms with Gasteiger partial charge >= 0.3 is 0 Å². The van der Waals surface area contributed by atoms with E-state index in [-0.39, 0.29) is 17.2 Å². The van der Waals surface area contributed by atoms with Crippen molar-refractivity contribution in [2.45, 2.75) is 49.5 Å². The van der Waals surface area contributed by atoms with Crippen LogP contribution in [0.1, 0.15) is 37.7 Å². The summed E-state index contributed by atoms with van der Waals surface area (Å²) in [5.41, 5.74) is 1.19. The van der Waals surface area contributed by atoms with E-state index in [4.69, 9.17) is 0 Å². The number of benzene rings is 2. The summed E-state index contributed by atoms with van der Waals surface area (Å²) in [4.78, 5) is 16.7. The molecule has 3 rings (SSSR count). The molecule has 0 aliphatic heterocycles. The maximum Gasteiger partial charge on any atom is 0.261 e. The van der Waals surface area contributed by atoms with Crippen molar-refractivity contribution < 1.29 is 17.6 Å². The number of carbonyl (C=O) groups excluding carboxylic acids is 1. The standard InChI is InChI=1S/C24H32FN3O3S/c1-27(22-6-4-3-5-7-22)16-17-28(2)24(29)18-19-8-12-21(13-9-19)26-32(30,31)23-14-10-20(25)11-15-23/h8-15,22,26H,3-7,16-18H2,1-2H3. The first kappa shape index (κ1) is 24.2. The zero-order valence-corrected chi connectivity index (χ0v) is 19.6. The second kappa shape index (κ2) is 10.9. The van der Waals surface area contributed by atoms with E-state index in [1.807, 2.05) is 7.05 Å². The van der Waals surface area contributed by atoms with Gasteiger partial charge in [-0.1, -0.05) is 31.4 Å². The van der Waals surface area contributed by atoms with Gasteiger partial charge in [-0.3, -0.25) is 9.52 Å². The molecular formula is C24H32FN3O3S. The molecule has 1 aliphatic rings. The highest BCUT2D eigenvalue weighted by atomic mass is 32.2. The van der Waals surface area contributed by atoms with E-state index >= 15 is 0 Å². The van der Waals surface area contributed by atoms with Crippen LogP contribution in [0.25, 0.3) is 0 Å². The van der Waals surface area contributed by atoms with Crippen molar-refractivity contribution in [2.75, 3.05) is 31.9 Å². The van der Waals surface area contributed by atoms with Crippen LogP contribution in [-0.2, 0) is 21.2 Å². The van der Waals surface area contributed by atoms with E-state index in [9.17, 15) is 17.6 Å². The van der Waals surface area contributed by atoms with Crippen molar-refractivity contribution in [3.8, 4) is 0 Å². The zero-order valence-electron chi connectivity index (χ0n) is 18.8. The number of anilines is 1. The molecule has 2 aromatic carbocycles. The summed E-state index contributed by atoms with van der Waals surface area (Å²) >= 11 is 0. The number of likely N-dealkylation sites (N-methyl/N-ethyl adjacent to an activating group) is 2. The van der Waals surface area contributed by atoms with E-state index in [1.54, 1.807) is 29.2 Å². The first-order valence-electron chi connectivity index (χ1n) is 11.1. The van der Waals surface area contributed by atoms with Gasteiger partial charge in [0.15, 0.2) is 0 Å². The Morgan fingerprint density at radius 2 is 1.59 bits per heavy atom. The maximum atomic E-state index is 13.0. The van der Waals surface area contributed by atoms with Crippen LogP contribution in [0.5, 0.6) is 0 Å². The number of carbonyl (C=O) groups is 1. The zero-order chi connectivity index (χ0) is 23.1. The molecule has 1 fully saturated rings. The van der Waals surface area contributed by atoms with Gasteiger partial charge in [0.1, 0.15) is 5.82 Å². The molecule has 0 spiro atoms. The molecule has 1 aliphatic carbocycles. The highest BCUT2D eigenvalue weighted by Gasteiger charge is 2.19. The molecule has 32 heavy (non-hydrogen) atoms. The average Bonchev–Trinajstić information content (AvgIpc) is 2.79. The molecule has 0 aromatic heterocycles. The maximum absolute atomic E-state index is 13.0. The molecule has 1 N–H and O–H groups in total. The van der Waals surface area contributed by atoms with Crippen LogP contribution in [0.15, 0.2) is 53.4 Å². The third-order valence-electron chi connectivity index (χ3n) is 6.10.